The second kappa shape index (κ2) is 4.60. The molecule has 13 heavy (non-hydrogen) atoms. The number of nitrogens with zero attached hydrogens (tertiary/aromatic N) is 2. The van der Waals surface area contributed by atoms with E-state index in [1.807, 2.05) is 31.0 Å². The fourth-order valence-electron chi connectivity index (χ4n) is 1.02. The molecule has 0 aromatic carbocycles. The quantitative estimate of drug-likeness (QED) is 0.562. The summed E-state index contributed by atoms with van der Waals surface area (Å²) in [5, 5.41) is 7.73. The van der Waals surface area contributed by atoms with Crippen LogP contribution in [-0.4, -0.2) is 29.3 Å². The van der Waals surface area contributed by atoms with Gasteiger partial charge in [-0.05, 0) is 18.6 Å². The number of aromatic nitrogens is 1. The van der Waals surface area contributed by atoms with Gasteiger partial charge in [0.1, 0.15) is 5.84 Å². The van der Waals surface area contributed by atoms with Crippen molar-refractivity contribution in [3.63, 3.8) is 0 Å². The van der Waals surface area contributed by atoms with E-state index in [4.69, 9.17) is 5.41 Å². The van der Waals surface area contributed by atoms with Crippen molar-refractivity contribution in [2.24, 2.45) is 0 Å². The van der Waals surface area contributed by atoms with Crippen molar-refractivity contribution in [3.8, 4) is 0 Å². The molecule has 0 atom stereocenters. The number of hydrogen-bond donors (Lipinski definition) is 1. The molecule has 0 aliphatic carbocycles. The Kier molecular flexibility index (Phi) is 3.43. The summed E-state index contributed by atoms with van der Waals surface area (Å²) >= 11 is 0. The lowest BCUT2D eigenvalue weighted by Crippen LogP contribution is -2.27. The molecule has 0 fully saturated rings. The highest BCUT2D eigenvalue weighted by Gasteiger charge is 2.02. The van der Waals surface area contributed by atoms with E-state index >= 15 is 0 Å². The molecular formula is C10H15N3. The lowest BCUT2D eigenvalue weighted by atomic mass is 10.2. The first-order valence-electron chi connectivity index (χ1n) is 4.41. The topological polar surface area (TPSA) is 40.0 Å². The second-order valence-corrected chi connectivity index (χ2v) is 3.00. The van der Waals surface area contributed by atoms with Gasteiger partial charge in [0, 0.05) is 32.4 Å². The minimum atomic E-state index is 0.635. The van der Waals surface area contributed by atoms with Gasteiger partial charge < -0.3 is 4.90 Å². The Morgan fingerprint density at radius 2 is 2.38 bits per heavy atom. The van der Waals surface area contributed by atoms with Crippen LogP contribution in [-0.2, 0) is 6.42 Å². The van der Waals surface area contributed by atoms with Gasteiger partial charge in [0.05, 0.1) is 0 Å². The average Bonchev–Trinajstić information content (AvgIpc) is 2.18. The molecule has 0 unspecified atom stereocenters. The molecule has 3 heteroatoms. The van der Waals surface area contributed by atoms with E-state index in [0.717, 1.165) is 12.1 Å². The van der Waals surface area contributed by atoms with Crippen LogP contribution in [0, 0.1) is 5.41 Å². The van der Waals surface area contributed by atoms with E-state index in [1.54, 1.807) is 12.4 Å². The number of amidine groups is 1. The second-order valence-electron chi connectivity index (χ2n) is 3.00. The smallest absolute Gasteiger partial charge is 0.100 e. The van der Waals surface area contributed by atoms with Crippen LogP contribution in [0.4, 0.5) is 0 Å². The standard InChI is InChI=1S/C10H15N3/c1-3-13(2)10(11)7-9-5-4-6-12-8-9/h4-6,8,11H,3,7H2,1-2H3. The van der Waals surface area contributed by atoms with Crippen LogP contribution in [0.5, 0.6) is 0 Å². The van der Waals surface area contributed by atoms with Crippen LogP contribution in [0.1, 0.15) is 12.5 Å². The van der Waals surface area contributed by atoms with Crippen molar-refractivity contribution in [2.45, 2.75) is 13.3 Å². The summed E-state index contributed by atoms with van der Waals surface area (Å²) in [5.41, 5.74) is 1.09. The van der Waals surface area contributed by atoms with E-state index in [2.05, 4.69) is 4.98 Å². The van der Waals surface area contributed by atoms with E-state index in [1.165, 1.54) is 0 Å². The van der Waals surface area contributed by atoms with Crippen molar-refractivity contribution >= 4 is 5.84 Å². The monoisotopic (exact) mass is 177 g/mol. The first-order valence-corrected chi connectivity index (χ1v) is 4.41. The number of nitrogens with one attached hydrogen (secondary N) is 1. The van der Waals surface area contributed by atoms with Crippen LogP contribution in [0.25, 0.3) is 0 Å². The molecule has 0 saturated heterocycles. The van der Waals surface area contributed by atoms with Gasteiger partial charge in [-0.3, -0.25) is 10.4 Å². The van der Waals surface area contributed by atoms with Gasteiger partial charge in [0.25, 0.3) is 0 Å². The molecule has 0 amide bonds. The minimum Gasteiger partial charge on any atom is -0.364 e. The largest absolute Gasteiger partial charge is 0.364 e. The van der Waals surface area contributed by atoms with Crippen LogP contribution in [0.2, 0.25) is 0 Å². The van der Waals surface area contributed by atoms with Gasteiger partial charge in [0.2, 0.25) is 0 Å². The van der Waals surface area contributed by atoms with E-state index in [9.17, 15) is 0 Å². The van der Waals surface area contributed by atoms with Crippen LogP contribution < -0.4 is 0 Å². The van der Waals surface area contributed by atoms with Crippen molar-refractivity contribution in [1.29, 1.82) is 5.41 Å². The molecule has 1 N–H and O–H groups in total. The summed E-state index contributed by atoms with van der Waals surface area (Å²) in [6, 6.07) is 3.89. The lowest BCUT2D eigenvalue weighted by Gasteiger charge is -2.17. The maximum absolute atomic E-state index is 7.73. The summed E-state index contributed by atoms with van der Waals surface area (Å²) in [5.74, 6) is 0.635. The van der Waals surface area contributed by atoms with Gasteiger partial charge in [0.15, 0.2) is 0 Å². The molecule has 1 heterocycles. The average molecular weight is 177 g/mol. The lowest BCUT2D eigenvalue weighted by molar-refractivity contribution is 0.522. The van der Waals surface area contributed by atoms with Gasteiger partial charge in [-0.25, -0.2) is 0 Å². The third kappa shape index (κ3) is 2.86. The summed E-state index contributed by atoms with van der Waals surface area (Å²) < 4.78 is 0. The Morgan fingerprint density at radius 1 is 1.62 bits per heavy atom. The Bertz CT molecular complexity index is 269. The fraction of sp³-hybridized carbons (Fsp3) is 0.400. The zero-order chi connectivity index (χ0) is 9.68. The third-order valence-electron chi connectivity index (χ3n) is 2.03. The SMILES string of the molecule is CCN(C)C(=N)Cc1cccnc1. The van der Waals surface area contributed by atoms with Gasteiger partial charge in [-0.15, -0.1) is 0 Å². The molecule has 3 nitrogen and oxygen atoms in total. The Hall–Kier alpha value is -1.38. The number of likely N-dealkylation sites (N-methyl/N-ethyl adjacent to an activating group) is 1. The number of pyridine rings is 1. The molecule has 0 saturated carbocycles. The maximum Gasteiger partial charge on any atom is 0.100 e. The Morgan fingerprint density at radius 3 is 2.92 bits per heavy atom. The first kappa shape index (κ1) is 9.71. The van der Waals surface area contributed by atoms with Gasteiger partial charge >= 0.3 is 0 Å². The van der Waals surface area contributed by atoms with Gasteiger partial charge in [-0.2, -0.15) is 0 Å². The predicted molar refractivity (Wildman–Crippen MR) is 54.0 cm³/mol. The van der Waals surface area contributed by atoms with Crippen molar-refractivity contribution in [2.75, 3.05) is 13.6 Å². The normalized spacial score (nSPS) is 9.69. The highest BCUT2D eigenvalue weighted by Crippen LogP contribution is 1.99. The maximum atomic E-state index is 7.73. The molecule has 0 bridgehead atoms. The van der Waals surface area contributed by atoms with Crippen LogP contribution in [0.15, 0.2) is 24.5 Å². The summed E-state index contributed by atoms with van der Waals surface area (Å²) in [6.07, 6.45) is 4.22. The molecular weight excluding hydrogens is 162 g/mol. The summed E-state index contributed by atoms with van der Waals surface area (Å²) in [7, 11) is 1.93. The predicted octanol–water partition coefficient (Wildman–Crippen LogP) is 1.55. The fourth-order valence-corrected chi connectivity index (χ4v) is 1.02. The van der Waals surface area contributed by atoms with Crippen molar-refractivity contribution in [3.05, 3.63) is 30.1 Å². The highest BCUT2D eigenvalue weighted by molar-refractivity contribution is 5.81. The zero-order valence-corrected chi connectivity index (χ0v) is 8.12. The highest BCUT2D eigenvalue weighted by atomic mass is 15.1. The van der Waals surface area contributed by atoms with E-state index in [-0.39, 0.29) is 0 Å². The Labute approximate surface area is 78.9 Å². The van der Waals surface area contributed by atoms with Crippen LogP contribution in [0.3, 0.4) is 0 Å². The zero-order valence-electron chi connectivity index (χ0n) is 8.12. The van der Waals surface area contributed by atoms with Crippen LogP contribution >= 0.6 is 0 Å². The molecule has 0 radical (unpaired) electrons. The minimum absolute atomic E-state index is 0.635. The van der Waals surface area contributed by atoms with E-state index < -0.39 is 0 Å². The Balaban J connectivity index is 2.55. The first-order chi connectivity index (χ1) is 6.24. The third-order valence-corrected chi connectivity index (χ3v) is 2.03. The molecule has 0 aliphatic heterocycles. The summed E-state index contributed by atoms with van der Waals surface area (Å²) in [6.45, 7) is 2.91. The molecule has 1 aromatic rings. The number of hydrogen-bond acceptors (Lipinski definition) is 2. The van der Waals surface area contributed by atoms with Gasteiger partial charge in [-0.1, -0.05) is 6.07 Å². The molecule has 1 aromatic heterocycles. The molecule has 1 rings (SSSR count). The molecule has 0 aliphatic rings. The van der Waals surface area contributed by atoms with Crippen molar-refractivity contribution < 1.29 is 0 Å². The molecule has 0 spiro atoms. The number of rotatable bonds is 3. The molecule has 70 valence electrons. The van der Waals surface area contributed by atoms with E-state index in [0.29, 0.717) is 12.3 Å². The summed E-state index contributed by atoms with van der Waals surface area (Å²) in [4.78, 5) is 5.93. The van der Waals surface area contributed by atoms with Crippen molar-refractivity contribution in [1.82, 2.24) is 9.88 Å².